The van der Waals surface area contributed by atoms with Crippen LogP contribution in [0.25, 0.3) is 0 Å². The van der Waals surface area contributed by atoms with Gasteiger partial charge in [-0.05, 0) is 19.1 Å². The molecule has 1 amide bonds. The number of hydrogen-bond acceptors (Lipinski definition) is 4. The molecule has 1 fully saturated rings. The average molecular weight is 309 g/mol. The third-order valence-corrected chi connectivity index (χ3v) is 5.74. The lowest BCUT2D eigenvalue weighted by Crippen LogP contribution is -2.47. The molecule has 0 saturated carbocycles. The molecule has 0 spiro atoms. The predicted octanol–water partition coefficient (Wildman–Crippen LogP) is 2.45. The first-order valence-corrected chi connectivity index (χ1v) is 8.62. The summed E-state index contributed by atoms with van der Waals surface area (Å²) in [6, 6.07) is 4.01. The molecule has 3 nitrogen and oxygen atoms in total. The first-order valence-electron chi connectivity index (χ1n) is 6.75. The quantitative estimate of drug-likeness (QED) is 0.853. The number of thiophene rings is 1. The largest absolute Gasteiger partial charge is 0.395 e. The Balaban J connectivity index is 2.08. The molecule has 2 unspecified atom stereocenters. The summed E-state index contributed by atoms with van der Waals surface area (Å²) in [6.07, 6.45) is 0.471. The van der Waals surface area contributed by atoms with Gasteiger partial charge in [-0.15, -0.1) is 11.3 Å². The third-order valence-electron chi connectivity index (χ3n) is 3.41. The molecule has 2 heterocycles. The van der Waals surface area contributed by atoms with Gasteiger partial charge in [0.05, 0.1) is 16.4 Å². The molecule has 2 atom stereocenters. The highest BCUT2D eigenvalue weighted by atomic mass is 32.2. The fourth-order valence-electron chi connectivity index (χ4n) is 2.09. The number of carbonyl (C=O) groups excluding carboxylic acids is 1. The van der Waals surface area contributed by atoms with Crippen molar-refractivity contribution >= 4 is 29.0 Å². The monoisotopic (exact) mass is 309 g/mol. The lowest BCUT2D eigenvalue weighted by Gasteiger charge is -2.37. The van der Waals surface area contributed by atoms with Gasteiger partial charge in [-0.3, -0.25) is 4.79 Å². The number of nitrogens with zero attached hydrogens (tertiary/aromatic N) is 1. The smallest absolute Gasteiger partial charge is 0.264 e. The lowest BCUT2D eigenvalue weighted by atomic mass is 10.2. The highest BCUT2D eigenvalue weighted by Gasteiger charge is 2.29. The maximum absolute atomic E-state index is 12.5. The molecule has 5 heteroatoms. The van der Waals surface area contributed by atoms with Crippen molar-refractivity contribution in [3.8, 4) is 11.8 Å². The minimum atomic E-state index is 0.0744. The summed E-state index contributed by atoms with van der Waals surface area (Å²) in [7, 11) is 0. The molecule has 1 aromatic heterocycles. The number of aliphatic hydroxyl groups is 1. The Bertz CT molecular complexity index is 529. The molecule has 0 aromatic carbocycles. The van der Waals surface area contributed by atoms with Gasteiger partial charge in [0, 0.05) is 30.0 Å². The Hall–Kier alpha value is -0.960. The van der Waals surface area contributed by atoms with Gasteiger partial charge in [-0.25, -0.2) is 0 Å². The van der Waals surface area contributed by atoms with Gasteiger partial charge in [0.15, 0.2) is 0 Å². The van der Waals surface area contributed by atoms with Gasteiger partial charge in [0.2, 0.25) is 0 Å². The molecule has 1 aliphatic heterocycles. The number of amides is 1. The van der Waals surface area contributed by atoms with E-state index in [4.69, 9.17) is 5.11 Å². The van der Waals surface area contributed by atoms with E-state index >= 15 is 0 Å². The molecule has 0 bridgehead atoms. The van der Waals surface area contributed by atoms with Gasteiger partial charge in [-0.2, -0.15) is 11.8 Å². The molecule has 0 radical (unpaired) electrons. The normalized spacial score (nSPS) is 22.2. The SMILES string of the molecule is CC1SCCN(C(=O)c2ccc(C#CCCO)s2)C1C. The van der Waals surface area contributed by atoms with Crippen LogP contribution >= 0.6 is 23.1 Å². The van der Waals surface area contributed by atoms with Crippen molar-refractivity contribution in [2.75, 3.05) is 18.9 Å². The molecular formula is C15H19NO2S2. The summed E-state index contributed by atoms with van der Waals surface area (Å²) in [4.78, 5) is 16.1. The van der Waals surface area contributed by atoms with Gasteiger partial charge < -0.3 is 10.0 Å². The summed E-state index contributed by atoms with van der Waals surface area (Å²) in [5, 5.41) is 9.18. The molecule has 0 aliphatic carbocycles. The number of thioether (sulfide) groups is 1. The zero-order valence-electron chi connectivity index (χ0n) is 11.8. The number of rotatable bonds is 2. The summed E-state index contributed by atoms with van der Waals surface area (Å²) in [6.45, 7) is 5.18. The maximum Gasteiger partial charge on any atom is 0.264 e. The van der Waals surface area contributed by atoms with Gasteiger partial charge in [0.1, 0.15) is 0 Å². The lowest BCUT2D eigenvalue weighted by molar-refractivity contribution is 0.0703. The van der Waals surface area contributed by atoms with Crippen molar-refractivity contribution in [3.05, 3.63) is 21.9 Å². The van der Waals surface area contributed by atoms with Crippen LogP contribution in [0, 0.1) is 11.8 Å². The molecule has 1 saturated heterocycles. The summed E-state index contributed by atoms with van der Waals surface area (Å²) in [5.41, 5.74) is 0. The van der Waals surface area contributed by atoms with E-state index < -0.39 is 0 Å². The van der Waals surface area contributed by atoms with Crippen LogP contribution in [0.5, 0.6) is 0 Å². The van der Waals surface area contributed by atoms with Crippen LogP contribution in [-0.4, -0.2) is 46.1 Å². The van der Waals surface area contributed by atoms with Crippen molar-refractivity contribution in [3.63, 3.8) is 0 Å². The zero-order valence-corrected chi connectivity index (χ0v) is 13.4. The third kappa shape index (κ3) is 3.57. The van der Waals surface area contributed by atoms with Crippen LogP contribution in [-0.2, 0) is 0 Å². The van der Waals surface area contributed by atoms with Crippen LogP contribution in [0.3, 0.4) is 0 Å². The Morgan fingerprint density at radius 2 is 2.30 bits per heavy atom. The van der Waals surface area contributed by atoms with Crippen molar-refractivity contribution in [1.29, 1.82) is 0 Å². The fraction of sp³-hybridized carbons (Fsp3) is 0.533. The van der Waals surface area contributed by atoms with E-state index in [0.29, 0.717) is 11.7 Å². The summed E-state index contributed by atoms with van der Waals surface area (Å²) < 4.78 is 0. The molecule has 1 aromatic rings. The van der Waals surface area contributed by atoms with Crippen LogP contribution in [0.2, 0.25) is 0 Å². The molecule has 20 heavy (non-hydrogen) atoms. The second-order valence-corrected chi connectivity index (χ2v) is 7.32. The van der Waals surface area contributed by atoms with Crippen LogP contribution in [0.1, 0.15) is 34.8 Å². The van der Waals surface area contributed by atoms with E-state index in [1.165, 1.54) is 11.3 Å². The van der Waals surface area contributed by atoms with E-state index in [1.54, 1.807) is 0 Å². The molecule has 2 rings (SSSR count). The van der Waals surface area contributed by atoms with Gasteiger partial charge in [-0.1, -0.05) is 18.8 Å². The van der Waals surface area contributed by atoms with E-state index in [9.17, 15) is 4.79 Å². The highest BCUT2D eigenvalue weighted by Crippen LogP contribution is 2.27. The van der Waals surface area contributed by atoms with Crippen molar-refractivity contribution in [1.82, 2.24) is 4.90 Å². The Morgan fingerprint density at radius 3 is 3.05 bits per heavy atom. The zero-order chi connectivity index (χ0) is 14.5. The van der Waals surface area contributed by atoms with E-state index in [1.807, 2.05) is 28.8 Å². The van der Waals surface area contributed by atoms with Crippen LogP contribution < -0.4 is 0 Å². The highest BCUT2D eigenvalue weighted by molar-refractivity contribution is 8.00. The molecule has 108 valence electrons. The Kier molecular flexibility index (Phi) is 5.53. The van der Waals surface area contributed by atoms with Crippen LogP contribution in [0.4, 0.5) is 0 Å². The van der Waals surface area contributed by atoms with Crippen LogP contribution in [0.15, 0.2) is 12.1 Å². The first-order chi connectivity index (χ1) is 9.63. The standard InChI is InChI=1S/C15H19NO2S2/c1-11-12(2)19-10-8-16(11)15(18)14-7-6-13(20-14)5-3-4-9-17/h6-7,11-12,17H,4,8-10H2,1-2H3. The second kappa shape index (κ2) is 7.16. The maximum atomic E-state index is 12.5. The fourth-order valence-corrected chi connectivity index (χ4v) is 4.02. The summed E-state index contributed by atoms with van der Waals surface area (Å²) in [5.74, 6) is 6.98. The second-order valence-electron chi connectivity index (χ2n) is 4.75. The van der Waals surface area contributed by atoms with Crippen molar-refractivity contribution < 1.29 is 9.90 Å². The first kappa shape index (κ1) is 15.4. The van der Waals surface area contributed by atoms with E-state index in [0.717, 1.165) is 22.1 Å². The number of aliphatic hydroxyl groups excluding tert-OH is 1. The van der Waals surface area contributed by atoms with Gasteiger partial charge >= 0.3 is 0 Å². The topological polar surface area (TPSA) is 40.5 Å². The van der Waals surface area contributed by atoms with Crippen molar-refractivity contribution in [2.45, 2.75) is 31.6 Å². The van der Waals surface area contributed by atoms with Crippen molar-refractivity contribution in [2.24, 2.45) is 0 Å². The van der Waals surface area contributed by atoms with E-state index in [-0.39, 0.29) is 18.6 Å². The molecule has 1 N–H and O–H groups in total. The minimum Gasteiger partial charge on any atom is -0.395 e. The number of carbonyl (C=O) groups is 1. The average Bonchev–Trinajstić information content (AvgIpc) is 2.90. The summed E-state index contributed by atoms with van der Waals surface area (Å²) >= 11 is 3.36. The predicted molar refractivity (Wildman–Crippen MR) is 85.3 cm³/mol. The minimum absolute atomic E-state index is 0.0744. The Labute approximate surface area is 128 Å². The van der Waals surface area contributed by atoms with E-state index in [2.05, 4.69) is 25.7 Å². The Morgan fingerprint density at radius 1 is 1.50 bits per heavy atom. The molecule has 1 aliphatic rings. The number of hydrogen-bond donors (Lipinski definition) is 1. The van der Waals surface area contributed by atoms with Gasteiger partial charge in [0.25, 0.3) is 5.91 Å². The molecular weight excluding hydrogens is 290 g/mol.